The highest BCUT2D eigenvalue weighted by molar-refractivity contribution is 5.86. The molecule has 1 spiro atoms. The third kappa shape index (κ3) is 3.02. The minimum absolute atomic E-state index is 0.00319. The number of aromatic nitrogens is 2. The number of carbonyl (C=O) groups excluding carboxylic acids is 2. The molecule has 3 heterocycles. The molecule has 1 atom stereocenters. The first kappa shape index (κ1) is 18.8. The van der Waals surface area contributed by atoms with E-state index in [1.54, 1.807) is 4.90 Å². The normalized spacial score (nSPS) is 23.5. The Labute approximate surface area is 163 Å². The number of nitrogens with one attached hydrogen (secondary N) is 1. The van der Waals surface area contributed by atoms with E-state index >= 15 is 0 Å². The predicted octanol–water partition coefficient (Wildman–Crippen LogP) is 0.779. The molecule has 2 saturated heterocycles. The molecular weight excluding hydrogens is 362 g/mol. The number of H-pyrrole nitrogens is 1. The quantitative estimate of drug-likeness (QED) is 0.732. The van der Waals surface area contributed by atoms with Crippen molar-refractivity contribution in [2.24, 2.45) is 0 Å². The number of carbonyl (C=O) groups is 2. The van der Waals surface area contributed by atoms with Gasteiger partial charge in [-0.15, -0.1) is 0 Å². The van der Waals surface area contributed by atoms with Crippen molar-refractivity contribution in [2.45, 2.75) is 56.4 Å². The smallest absolute Gasteiger partial charge is 0.410 e. The molecular formula is C19H27N5O4. The number of likely N-dealkylation sites (tertiary alicyclic amines) is 2. The molecule has 4 rings (SSSR count). The standard InChI is InChI=1S/C19H27N5O4/c1-28-18(27)24-9-3-2-4-13(24)16(26)23-10-7-19(8-11-23)6-5-12-14(19)21-17(20)22-15(12)25/h13H,2-11H2,1H3,(H3,20,21,22,25). The second kappa shape index (κ2) is 7.10. The number of hydrogen-bond acceptors (Lipinski definition) is 6. The van der Waals surface area contributed by atoms with Gasteiger partial charge >= 0.3 is 6.09 Å². The Balaban J connectivity index is 1.49. The van der Waals surface area contributed by atoms with E-state index < -0.39 is 12.1 Å². The summed E-state index contributed by atoms with van der Waals surface area (Å²) in [4.78, 5) is 47.8. The number of nitrogens with zero attached hydrogens (tertiary/aromatic N) is 3. The van der Waals surface area contributed by atoms with Crippen LogP contribution in [0, 0.1) is 0 Å². The van der Waals surface area contributed by atoms with Gasteiger partial charge in [-0.2, -0.15) is 0 Å². The Morgan fingerprint density at radius 3 is 2.68 bits per heavy atom. The Bertz CT molecular complexity index is 843. The Morgan fingerprint density at radius 2 is 1.96 bits per heavy atom. The van der Waals surface area contributed by atoms with E-state index in [0.717, 1.165) is 43.4 Å². The highest BCUT2D eigenvalue weighted by Crippen LogP contribution is 2.44. The lowest BCUT2D eigenvalue weighted by Crippen LogP contribution is -2.55. The first-order valence-electron chi connectivity index (χ1n) is 9.98. The van der Waals surface area contributed by atoms with Crippen molar-refractivity contribution in [2.75, 3.05) is 32.5 Å². The van der Waals surface area contributed by atoms with Crippen molar-refractivity contribution < 1.29 is 14.3 Å². The first-order chi connectivity index (χ1) is 13.4. The third-order valence-electron chi connectivity index (χ3n) is 6.62. The minimum atomic E-state index is -0.442. The summed E-state index contributed by atoms with van der Waals surface area (Å²) in [5.41, 5.74) is 7.00. The van der Waals surface area contributed by atoms with Gasteiger partial charge in [-0.05, 0) is 44.9 Å². The van der Waals surface area contributed by atoms with E-state index in [9.17, 15) is 14.4 Å². The number of piperidine rings is 2. The van der Waals surface area contributed by atoms with Crippen LogP contribution < -0.4 is 11.3 Å². The number of hydrogen-bond donors (Lipinski definition) is 2. The van der Waals surface area contributed by atoms with Crippen molar-refractivity contribution in [3.05, 3.63) is 21.6 Å². The van der Waals surface area contributed by atoms with Crippen LogP contribution >= 0.6 is 0 Å². The topological polar surface area (TPSA) is 122 Å². The van der Waals surface area contributed by atoms with Crippen LogP contribution in [0.1, 0.15) is 49.8 Å². The van der Waals surface area contributed by atoms with E-state index in [4.69, 9.17) is 10.5 Å². The summed E-state index contributed by atoms with van der Waals surface area (Å²) < 4.78 is 4.86. The number of amides is 2. The minimum Gasteiger partial charge on any atom is -0.453 e. The Kier molecular flexibility index (Phi) is 4.76. The lowest BCUT2D eigenvalue weighted by Gasteiger charge is -2.42. The van der Waals surface area contributed by atoms with Gasteiger partial charge in [0.2, 0.25) is 11.9 Å². The first-order valence-corrected chi connectivity index (χ1v) is 9.98. The molecule has 9 heteroatoms. The highest BCUT2D eigenvalue weighted by Gasteiger charge is 2.46. The molecule has 1 unspecified atom stereocenters. The molecule has 3 N–H and O–H groups in total. The molecule has 2 aliphatic heterocycles. The fourth-order valence-electron chi connectivity index (χ4n) is 5.05. The number of methoxy groups -OCH3 is 1. The molecule has 0 bridgehead atoms. The summed E-state index contributed by atoms with van der Waals surface area (Å²) in [6.07, 6.45) is 5.13. The van der Waals surface area contributed by atoms with Crippen LogP contribution in [-0.2, 0) is 21.4 Å². The SMILES string of the molecule is COC(=O)N1CCCCC1C(=O)N1CCC2(CCc3c2nc(N)[nH]c3=O)CC1. The van der Waals surface area contributed by atoms with E-state index in [-0.39, 0.29) is 22.8 Å². The number of nitrogens with two attached hydrogens (primary N) is 1. The maximum absolute atomic E-state index is 13.1. The van der Waals surface area contributed by atoms with E-state index in [1.165, 1.54) is 7.11 Å². The fraction of sp³-hybridized carbons (Fsp3) is 0.684. The molecule has 28 heavy (non-hydrogen) atoms. The maximum atomic E-state index is 13.1. The van der Waals surface area contributed by atoms with Gasteiger partial charge in [0.25, 0.3) is 5.56 Å². The Hall–Kier alpha value is -2.58. The highest BCUT2D eigenvalue weighted by atomic mass is 16.5. The van der Waals surface area contributed by atoms with Gasteiger partial charge in [0, 0.05) is 30.6 Å². The Morgan fingerprint density at radius 1 is 1.21 bits per heavy atom. The van der Waals surface area contributed by atoms with Crippen molar-refractivity contribution in [1.82, 2.24) is 19.8 Å². The summed E-state index contributed by atoms with van der Waals surface area (Å²) in [6, 6.07) is -0.442. The molecule has 9 nitrogen and oxygen atoms in total. The zero-order valence-electron chi connectivity index (χ0n) is 16.2. The second-order valence-electron chi connectivity index (χ2n) is 8.06. The zero-order chi connectivity index (χ0) is 19.9. The molecule has 0 radical (unpaired) electrons. The van der Waals surface area contributed by atoms with Crippen LogP contribution in [-0.4, -0.2) is 64.6 Å². The van der Waals surface area contributed by atoms with Gasteiger partial charge in [-0.25, -0.2) is 9.78 Å². The van der Waals surface area contributed by atoms with Crippen LogP contribution in [0.5, 0.6) is 0 Å². The van der Waals surface area contributed by atoms with Gasteiger partial charge in [0.05, 0.1) is 12.8 Å². The lowest BCUT2D eigenvalue weighted by atomic mass is 9.76. The van der Waals surface area contributed by atoms with E-state index in [2.05, 4.69) is 9.97 Å². The summed E-state index contributed by atoms with van der Waals surface area (Å²) in [7, 11) is 1.35. The van der Waals surface area contributed by atoms with Gasteiger partial charge in [-0.1, -0.05) is 0 Å². The average Bonchev–Trinajstić information content (AvgIpc) is 3.05. The molecule has 0 saturated carbocycles. The second-order valence-corrected chi connectivity index (χ2v) is 8.06. The monoisotopic (exact) mass is 389 g/mol. The molecule has 2 fully saturated rings. The van der Waals surface area contributed by atoms with Crippen LogP contribution in [0.25, 0.3) is 0 Å². The average molecular weight is 389 g/mol. The molecule has 1 aromatic rings. The van der Waals surface area contributed by atoms with E-state index in [1.807, 2.05) is 4.90 Å². The summed E-state index contributed by atoms with van der Waals surface area (Å²) in [6.45, 7) is 1.75. The number of aromatic amines is 1. The lowest BCUT2D eigenvalue weighted by molar-refractivity contribution is -0.139. The largest absolute Gasteiger partial charge is 0.453 e. The van der Waals surface area contributed by atoms with Gasteiger partial charge in [0.15, 0.2) is 0 Å². The number of nitrogen functional groups attached to an aromatic ring is 1. The van der Waals surface area contributed by atoms with Crippen molar-refractivity contribution in [3.8, 4) is 0 Å². The summed E-state index contributed by atoms with van der Waals surface area (Å²) in [5.74, 6) is 0.149. The van der Waals surface area contributed by atoms with Crippen LogP contribution in [0.3, 0.4) is 0 Å². The molecule has 3 aliphatic rings. The van der Waals surface area contributed by atoms with Crippen LogP contribution in [0.4, 0.5) is 10.7 Å². The molecule has 1 aliphatic carbocycles. The van der Waals surface area contributed by atoms with Gasteiger partial charge in [-0.3, -0.25) is 19.5 Å². The summed E-state index contributed by atoms with van der Waals surface area (Å²) >= 11 is 0. The molecule has 1 aromatic heterocycles. The number of rotatable bonds is 1. The van der Waals surface area contributed by atoms with Crippen LogP contribution in [0.15, 0.2) is 4.79 Å². The number of anilines is 1. The van der Waals surface area contributed by atoms with E-state index in [0.29, 0.717) is 32.5 Å². The number of ether oxygens (including phenoxy) is 1. The van der Waals surface area contributed by atoms with Crippen LogP contribution in [0.2, 0.25) is 0 Å². The zero-order valence-corrected chi connectivity index (χ0v) is 16.2. The number of fused-ring (bicyclic) bond motifs is 2. The maximum Gasteiger partial charge on any atom is 0.410 e. The molecule has 0 aromatic carbocycles. The fourth-order valence-corrected chi connectivity index (χ4v) is 5.05. The molecule has 2 amide bonds. The van der Waals surface area contributed by atoms with Crippen molar-refractivity contribution in [1.29, 1.82) is 0 Å². The summed E-state index contributed by atoms with van der Waals surface area (Å²) in [5, 5.41) is 0. The van der Waals surface area contributed by atoms with Crippen molar-refractivity contribution >= 4 is 17.9 Å². The van der Waals surface area contributed by atoms with Gasteiger partial charge < -0.3 is 15.4 Å². The predicted molar refractivity (Wildman–Crippen MR) is 102 cm³/mol. The van der Waals surface area contributed by atoms with Gasteiger partial charge in [0.1, 0.15) is 6.04 Å². The van der Waals surface area contributed by atoms with Crippen molar-refractivity contribution in [3.63, 3.8) is 0 Å². The third-order valence-corrected chi connectivity index (χ3v) is 6.62. The molecule has 152 valence electrons.